The van der Waals surface area contributed by atoms with Crippen LogP contribution in [0.5, 0.6) is 0 Å². The van der Waals surface area contributed by atoms with Crippen molar-refractivity contribution in [3.8, 4) is 0 Å². The number of carbonyl (C=O) groups excluding carboxylic acids is 2. The lowest BCUT2D eigenvalue weighted by Crippen LogP contribution is -2.63. The highest BCUT2D eigenvalue weighted by molar-refractivity contribution is 5.91. The minimum atomic E-state index is -0.751. The molecule has 0 aromatic carbocycles. The lowest BCUT2D eigenvalue weighted by Gasteiger charge is -2.45. The van der Waals surface area contributed by atoms with Gasteiger partial charge < -0.3 is 15.5 Å². The Morgan fingerprint density at radius 2 is 2.06 bits per heavy atom. The number of carbonyl (C=O) groups is 2. The van der Waals surface area contributed by atoms with Crippen LogP contribution in [0.15, 0.2) is 0 Å². The summed E-state index contributed by atoms with van der Waals surface area (Å²) in [5.74, 6) is -0.0572. The molecule has 1 fully saturated rings. The highest BCUT2D eigenvalue weighted by atomic mass is 16.2. The van der Waals surface area contributed by atoms with Crippen LogP contribution in [-0.2, 0) is 9.59 Å². The first kappa shape index (κ1) is 13.0. The molecule has 0 spiro atoms. The van der Waals surface area contributed by atoms with Gasteiger partial charge in [0.15, 0.2) is 0 Å². The second-order valence-corrected chi connectivity index (χ2v) is 5.01. The minimum absolute atomic E-state index is 0.0169. The van der Waals surface area contributed by atoms with E-state index in [0.717, 1.165) is 0 Å². The van der Waals surface area contributed by atoms with E-state index in [2.05, 4.69) is 0 Å². The number of piperazine rings is 1. The highest BCUT2D eigenvalue weighted by Crippen LogP contribution is 2.22. The number of hydrogen-bond donors (Lipinski definition) is 1. The molecule has 92 valence electrons. The third kappa shape index (κ3) is 2.35. The Morgan fingerprint density at radius 3 is 2.56 bits per heavy atom. The topological polar surface area (TPSA) is 66.6 Å². The van der Waals surface area contributed by atoms with Gasteiger partial charge in [-0.05, 0) is 20.8 Å². The molecule has 0 bridgehead atoms. The fraction of sp³-hybridized carbons (Fsp3) is 0.818. The molecule has 1 atom stereocenters. The van der Waals surface area contributed by atoms with Crippen LogP contribution < -0.4 is 5.73 Å². The molecule has 2 amide bonds. The van der Waals surface area contributed by atoms with Crippen molar-refractivity contribution in [1.82, 2.24) is 9.80 Å². The zero-order valence-corrected chi connectivity index (χ0v) is 10.5. The van der Waals surface area contributed by atoms with Gasteiger partial charge in [0.1, 0.15) is 5.54 Å². The van der Waals surface area contributed by atoms with E-state index >= 15 is 0 Å². The first-order chi connectivity index (χ1) is 7.26. The highest BCUT2D eigenvalue weighted by Gasteiger charge is 2.42. The average Bonchev–Trinajstić information content (AvgIpc) is 2.13. The summed E-state index contributed by atoms with van der Waals surface area (Å²) in [4.78, 5) is 27.2. The van der Waals surface area contributed by atoms with E-state index in [1.54, 1.807) is 37.6 Å². The van der Waals surface area contributed by atoms with Gasteiger partial charge in [-0.15, -0.1) is 0 Å². The van der Waals surface area contributed by atoms with Gasteiger partial charge in [0, 0.05) is 32.6 Å². The standard InChI is InChI=1S/C11H21N3O2/c1-8(12)7-9(15)14-6-5-13(4)10(16)11(14,2)3/h8H,5-7,12H2,1-4H3. The second kappa shape index (κ2) is 4.41. The zero-order chi connectivity index (χ0) is 12.5. The molecule has 5 nitrogen and oxygen atoms in total. The van der Waals surface area contributed by atoms with Gasteiger partial charge in [0.2, 0.25) is 11.8 Å². The van der Waals surface area contributed by atoms with Crippen molar-refractivity contribution in [3.05, 3.63) is 0 Å². The summed E-state index contributed by atoms with van der Waals surface area (Å²) >= 11 is 0. The Labute approximate surface area is 96.6 Å². The first-order valence-electron chi connectivity index (χ1n) is 5.58. The summed E-state index contributed by atoms with van der Waals surface area (Å²) in [5.41, 5.74) is 4.86. The van der Waals surface area contributed by atoms with Gasteiger partial charge in [-0.25, -0.2) is 0 Å². The molecular weight excluding hydrogens is 206 g/mol. The Kier molecular flexibility index (Phi) is 3.57. The fourth-order valence-electron chi connectivity index (χ4n) is 2.04. The molecule has 0 aromatic heterocycles. The van der Waals surface area contributed by atoms with Crippen molar-refractivity contribution in [3.63, 3.8) is 0 Å². The van der Waals surface area contributed by atoms with Crippen LogP contribution in [0.25, 0.3) is 0 Å². The predicted molar refractivity (Wildman–Crippen MR) is 61.7 cm³/mol. The predicted octanol–water partition coefficient (Wildman–Crippen LogP) is -0.197. The van der Waals surface area contributed by atoms with Gasteiger partial charge in [0.05, 0.1) is 0 Å². The van der Waals surface area contributed by atoms with Crippen molar-refractivity contribution in [1.29, 1.82) is 0 Å². The van der Waals surface area contributed by atoms with E-state index < -0.39 is 5.54 Å². The maximum Gasteiger partial charge on any atom is 0.247 e. The van der Waals surface area contributed by atoms with Gasteiger partial charge >= 0.3 is 0 Å². The first-order valence-corrected chi connectivity index (χ1v) is 5.58. The van der Waals surface area contributed by atoms with Crippen LogP contribution in [0.2, 0.25) is 0 Å². The van der Waals surface area contributed by atoms with E-state index in [9.17, 15) is 9.59 Å². The smallest absolute Gasteiger partial charge is 0.247 e. The Balaban J connectivity index is 2.81. The van der Waals surface area contributed by atoms with Crippen LogP contribution in [0.1, 0.15) is 27.2 Å². The van der Waals surface area contributed by atoms with Crippen molar-refractivity contribution < 1.29 is 9.59 Å². The average molecular weight is 227 g/mol. The van der Waals surface area contributed by atoms with E-state index in [0.29, 0.717) is 19.5 Å². The summed E-state index contributed by atoms with van der Waals surface area (Å²) in [6.45, 7) is 6.53. The molecule has 16 heavy (non-hydrogen) atoms. The number of nitrogens with zero attached hydrogens (tertiary/aromatic N) is 2. The molecule has 1 aliphatic heterocycles. The van der Waals surface area contributed by atoms with Crippen molar-refractivity contribution >= 4 is 11.8 Å². The molecule has 1 rings (SSSR count). The maximum atomic E-state index is 12.0. The van der Waals surface area contributed by atoms with Gasteiger partial charge in [0.25, 0.3) is 0 Å². The maximum absolute atomic E-state index is 12.0. The summed E-state index contributed by atoms with van der Waals surface area (Å²) in [7, 11) is 1.76. The fourth-order valence-corrected chi connectivity index (χ4v) is 2.04. The largest absolute Gasteiger partial charge is 0.342 e. The van der Waals surface area contributed by atoms with Crippen LogP contribution in [0.4, 0.5) is 0 Å². The SMILES string of the molecule is CC(N)CC(=O)N1CCN(C)C(=O)C1(C)C. The summed E-state index contributed by atoms with van der Waals surface area (Å²) in [6.07, 6.45) is 0.292. The van der Waals surface area contributed by atoms with E-state index in [1.807, 2.05) is 0 Å². The van der Waals surface area contributed by atoms with Crippen LogP contribution in [0.3, 0.4) is 0 Å². The van der Waals surface area contributed by atoms with Gasteiger partial charge in [-0.1, -0.05) is 0 Å². The molecule has 0 aliphatic carbocycles. The minimum Gasteiger partial charge on any atom is -0.342 e. The molecule has 2 N–H and O–H groups in total. The zero-order valence-electron chi connectivity index (χ0n) is 10.5. The molecule has 1 saturated heterocycles. The third-order valence-electron chi connectivity index (χ3n) is 3.00. The van der Waals surface area contributed by atoms with Crippen LogP contribution in [0, 0.1) is 0 Å². The monoisotopic (exact) mass is 227 g/mol. The molecule has 0 saturated carbocycles. The molecule has 1 aliphatic rings. The number of amides is 2. The van der Waals surface area contributed by atoms with Gasteiger partial charge in [-0.3, -0.25) is 9.59 Å². The van der Waals surface area contributed by atoms with E-state index in [-0.39, 0.29) is 17.9 Å². The molecule has 0 aromatic rings. The Hall–Kier alpha value is -1.10. The third-order valence-corrected chi connectivity index (χ3v) is 3.00. The Morgan fingerprint density at radius 1 is 1.50 bits per heavy atom. The van der Waals surface area contributed by atoms with E-state index in [1.165, 1.54) is 0 Å². The van der Waals surface area contributed by atoms with Crippen molar-refractivity contribution in [2.75, 3.05) is 20.1 Å². The molecule has 1 unspecified atom stereocenters. The molecular formula is C11H21N3O2. The second-order valence-electron chi connectivity index (χ2n) is 5.01. The molecule has 1 heterocycles. The number of hydrogen-bond acceptors (Lipinski definition) is 3. The summed E-state index contributed by atoms with van der Waals surface area (Å²) in [6, 6.07) is -0.168. The summed E-state index contributed by atoms with van der Waals surface area (Å²) < 4.78 is 0. The molecule has 5 heteroatoms. The Bertz CT molecular complexity index is 300. The van der Waals surface area contributed by atoms with Crippen LogP contribution in [-0.4, -0.2) is 53.3 Å². The van der Waals surface area contributed by atoms with Gasteiger partial charge in [-0.2, -0.15) is 0 Å². The quantitative estimate of drug-likeness (QED) is 0.710. The lowest BCUT2D eigenvalue weighted by molar-refractivity contribution is -0.157. The molecule has 0 radical (unpaired) electrons. The van der Waals surface area contributed by atoms with E-state index in [4.69, 9.17) is 5.73 Å². The van der Waals surface area contributed by atoms with Crippen molar-refractivity contribution in [2.45, 2.75) is 38.8 Å². The number of nitrogens with two attached hydrogens (primary N) is 1. The van der Waals surface area contributed by atoms with Crippen molar-refractivity contribution in [2.24, 2.45) is 5.73 Å². The number of rotatable bonds is 2. The number of likely N-dealkylation sites (N-methyl/N-ethyl adjacent to an activating group) is 1. The van der Waals surface area contributed by atoms with Crippen LogP contribution >= 0.6 is 0 Å². The summed E-state index contributed by atoms with van der Waals surface area (Å²) in [5, 5.41) is 0. The lowest BCUT2D eigenvalue weighted by atomic mass is 9.97. The normalized spacial score (nSPS) is 22.2.